The average Bonchev–Trinajstić information content (AvgIpc) is 2.78. The normalized spacial score (nSPS) is 22.6. The molecule has 0 spiro atoms. The van der Waals surface area contributed by atoms with Gasteiger partial charge in [-0.2, -0.15) is 4.98 Å². The Hall–Kier alpha value is -2.28. The third kappa shape index (κ3) is 5.99. The molecule has 0 unspecified atom stereocenters. The summed E-state index contributed by atoms with van der Waals surface area (Å²) in [6, 6.07) is 9.03. The number of hydrogen-bond donors (Lipinski definition) is 2. The lowest BCUT2D eigenvalue weighted by atomic mass is 9.69. The number of rotatable bonds is 5. The van der Waals surface area contributed by atoms with Gasteiger partial charge in [0.25, 0.3) is 0 Å². The molecule has 178 valence electrons. The highest BCUT2D eigenvalue weighted by Crippen LogP contribution is 2.39. The molecule has 1 aromatic carbocycles. The fraction of sp³-hybridized carbons (Fsp3) is 0.577. The van der Waals surface area contributed by atoms with Crippen LogP contribution in [0.3, 0.4) is 0 Å². The quantitative estimate of drug-likeness (QED) is 0.557. The molecule has 1 saturated carbocycles. The lowest BCUT2D eigenvalue weighted by molar-refractivity contribution is 0.292. The average molecular weight is 470 g/mol. The SMILES string of the molecule is Cc1cc(N2C[C@H](C)C[C@H](C)C2)nc(NC(=S)NCC2(c3ccc(F)cc3)CCCCC2)n1. The van der Waals surface area contributed by atoms with Crippen LogP contribution in [0.25, 0.3) is 0 Å². The van der Waals surface area contributed by atoms with Gasteiger partial charge in [-0.05, 0) is 67.9 Å². The van der Waals surface area contributed by atoms with Gasteiger partial charge in [0.2, 0.25) is 5.95 Å². The Morgan fingerprint density at radius 2 is 1.76 bits per heavy atom. The zero-order chi connectivity index (χ0) is 23.4. The third-order valence-electron chi connectivity index (χ3n) is 7.11. The molecule has 2 atom stereocenters. The number of hydrogen-bond acceptors (Lipinski definition) is 4. The van der Waals surface area contributed by atoms with Crippen LogP contribution < -0.4 is 15.5 Å². The summed E-state index contributed by atoms with van der Waals surface area (Å²) < 4.78 is 13.5. The van der Waals surface area contributed by atoms with Crippen molar-refractivity contribution in [3.05, 3.63) is 47.4 Å². The van der Waals surface area contributed by atoms with Gasteiger partial charge in [0.1, 0.15) is 11.6 Å². The van der Waals surface area contributed by atoms with E-state index >= 15 is 0 Å². The molecule has 1 aromatic heterocycles. The Kier molecular flexibility index (Phi) is 7.47. The van der Waals surface area contributed by atoms with Gasteiger partial charge in [0.05, 0.1) is 0 Å². The first-order valence-corrected chi connectivity index (χ1v) is 12.7. The molecule has 2 fully saturated rings. The standard InChI is InChI=1S/C26H36FN5S/c1-18-13-19(2)16-32(15-18)23-14-20(3)29-24(30-23)31-25(33)28-17-26(11-5-4-6-12-26)21-7-9-22(27)10-8-21/h7-10,14,18-19H,4-6,11-13,15-17H2,1-3H3,(H2,28,29,30,31,33)/t18-,19+. The lowest BCUT2D eigenvalue weighted by Crippen LogP contribution is -2.43. The lowest BCUT2D eigenvalue weighted by Gasteiger charge is -2.38. The summed E-state index contributed by atoms with van der Waals surface area (Å²) in [7, 11) is 0. The number of nitrogens with one attached hydrogen (secondary N) is 2. The minimum atomic E-state index is -0.195. The van der Waals surface area contributed by atoms with Crippen molar-refractivity contribution in [3.63, 3.8) is 0 Å². The molecule has 2 heterocycles. The van der Waals surface area contributed by atoms with E-state index in [1.165, 1.54) is 31.2 Å². The molecule has 1 aliphatic carbocycles. The fourth-order valence-corrected chi connectivity index (χ4v) is 5.78. The van der Waals surface area contributed by atoms with Crippen molar-refractivity contribution >= 4 is 29.1 Å². The molecule has 4 rings (SSSR count). The van der Waals surface area contributed by atoms with E-state index in [4.69, 9.17) is 17.2 Å². The van der Waals surface area contributed by atoms with E-state index in [0.29, 0.717) is 29.4 Å². The summed E-state index contributed by atoms with van der Waals surface area (Å²) in [6.45, 7) is 9.35. The van der Waals surface area contributed by atoms with Crippen molar-refractivity contribution in [2.75, 3.05) is 29.9 Å². The molecule has 0 amide bonds. The molecule has 1 saturated heterocycles. The van der Waals surface area contributed by atoms with Gasteiger partial charge in [-0.1, -0.05) is 45.2 Å². The van der Waals surface area contributed by atoms with Crippen LogP contribution in [0.15, 0.2) is 30.3 Å². The molecule has 2 aromatic rings. The van der Waals surface area contributed by atoms with Gasteiger partial charge < -0.3 is 15.5 Å². The number of piperidine rings is 1. The Balaban J connectivity index is 1.43. The molecular formula is C26H36FN5S. The van der Waals surface area contributed by atoms with E-state index in [1.807, 2.05) is 19.1 Å². The second kappa shape index (κ2) is 10.3. The summed E-state index contributed by atoms with van der Waals surface area (Å²) in [5.41, 5.74) is 2.07. The zero-order valence-electron chi connectivity index (χ0n) is 20.0. The first-order valence-electron chi connectivity index (χ1n) is 12.2. The summed E-state index contributed by atoms with van der Waals surface area (Å²) in [4.78, 5) is 11.7. The van der Waals surface area contributed by atoms with E-state index in [1.54, 1.807) is 12.1 Å². The maximum absolute atomic E-state index is 13.5. The van der Waals surface area contributed by atoms with Crippen molar-refractivity contribution in [3.8, 4) is 0 Å². The zero-order valence-corrected chi connectivity index (χ0v) is 20.8. The van der Waals surface area contributed by atoms with Crippen LogP contribution in [0.4, 0.5) is 16.2 Å². The fourth-order valence-electron chi connectivity index (χ4n) is 5.61. The van der Waals surface area contributed by atoms with Gasteiger partial charge in [0, 0.05) is 36.8 Å². The molecule has 2 aliphatic rings. The van der Waals surface area contributed by atoms with Crippen LogP contribution in [-0.4, -0.2) is 34.7 Å². The van der Waals surface area contributed by atoms with E-state index in [-0.39, 0.29) is 11.2 Å². The Morgan fingerprint density at radius 3 is 2.42 bits per heavy atom. The number of aromatic nitrogens is 2. The van der Waals surface area contributed by atoms with Gasteiger partial charge in [0.15, 0.2) is 5.11 Å². The number of halogens is 1. The van der Waals surface area contributed by atoms with Crippen LogP contribution in [0.5, 0.6) is 0 Å². The highest BCUT2D eigenvalue weighted by molar-refractivity contribution is 7.80. The summed E-state index contributed by atoms with van der Waals surface area (Å²) in [5.74, 6) is 2.61. The first-order chi connectivity index (χ1) is 15.8. The van der Waals surface area contributed by atoms with Crippen LogP contribution in [0.2, 0.25) is 0 Å². The number of thiocarbonyl (C=S) groups is 1. The van der Waals surface area contributed by atoms with Crippen molar-refractivity contribution in [1.29, 1.82) is 0 Å². The molecule has 2 N–H and O–H groups in total. The number of aryl methyl sites for hydroxylation is 1. The summed E-state index contributed by atoms with van der Waals surface area (Å²) >= 11 is 5.63. The predicted molar refractivity (Wildman–Crippen MR) is 137 cm³/mol. The molecule has 7 heteroatoms. The molecule has 1 aliphatic heterocycles. The number of anilines is 2. The number of nitrogens with zero attached hydrogens (tertiary/aromatic N) is 3. The van der Waals surface area contributed by atoms with Crippen LogP contribution >= 0.6 is 12.2 Å². The van der Waals surface area contributed by atoms with E-state index < -0.39 is 0 Å². The van der Waals surface area contributed by atoms with Crippen molar-refractivity contribution in [2.45, 2.75) is 64.7 Å². The molecule has 0 radical (unpaired) electrons. The maximum Gasteiger partial charge on any atom is 0.231 e. The Labute approximate surface area is 202 Å². The Bertz CT molecular complexity index is 948. The van der Waals surface area contributed by atoms with Crippen LogP contribution in [0, 0.1) is 24.6 Å². The highest BCUT2D eigenvalue weighted by Gasteiger charge is 2.34. The molecule has 5 nitrogen and oxygen atoms in total. The minimum absolute atomic E-state index is 0.0314. The second-order valence-corrected chi connectivity index (χ2v) is 10.6. The number of benzene rings is 1. The predicted octanol–water partition coefficient (Wildman–Crippen LogP) is 5.59. The largest absolute Gasteiger partial charge is 0.361 e. The van der Waals surface area contributed by atoms with Crippen LogP contribution in [0.1, 0.15) is 63.6 Å². The van der Waals surface area contributed by atoms with Crippen LogP contribution in [-0.2, 0) is 5.41 Å². The Morgan fingerprint density at radius 1 is 1.09 bits per heavy atom. The van der Waals surface area contributed by atoms with Gasteiger partial charge >= 0.3 is 0 Å². The van der Waals surface area contributed by atoms with Gasteiger partial charge in [-0.15, -0.1) is 0 Å². The third-order valence-corrected chi connectivity index (χ3v) is 7.36. The summed E-state index contributed by atoms with van der Waals surface area (Å²) in [5, 5.41) is 7.16. The van der Waals surface area contributed by atoms with Crippen molar-refractivity contribution in [2.24, 2.45) is 11.8 Å². The first kappa shape index (κ1) is 23.9. The maximum atomic E-state index is 13.5. The molecule has 0 bridgehead atoms. The van der Waals surface area contributed by atoms with E-state index in [0.717, 1.165) is 37.4 Å². The molecular weight excluding hydrogens is 433 g/mol. The minimum Gasteiger partial charge on any atom is -0.361 e. The monoisotopic (exact) mass is 469 g/mol. The van der Waals surface area contributed by atoms with Gasteiger partial charge in [-0.3, -0.25) is 0 Å². The van der Waals surface area contributed by atoms with Crippen molar-refractivity contribution in [1.82, 2.24) is 15.3 Å². The van der Waals surface area contributed by atoms with Crippen molar-refractivity contribution < 1.29 is 4.39 Å². The van der Waals surface area contributed by atoms with E-state index in [9.17, 15) is 4.39 Å². The highest BCUT2D eigenvalue weighted by atomic mass is 32.1. The topological polar surface area (TPSA) is 53.1 Å². The second-order valence-electron chi connectivity index (χ2n) is 10.2. The summed E-state index contributed by atoms with van der Waals surface area (Å²) in [6.07, 6.45) is 7.01. The van der Waals surface area contributed by atoms with E-state index in [2.05, 4.69) is 40.4 Å². The molecule has 33 heavy (non-hydrogen) atoms. The van der Waals surface area contributed by atoms with Gasteiger partial charge in [-0.25, -0.2) is 9.37 Å². The smallest absolute Gasteiger partial charge is 0.231 e.